The van der Waals surface area contributed by atoms with E-state index in [1.54, 1.807) is 7.11 Å². The Bertz CT molecular complexity index is 55.2. The van der Waals surface area contributed by atoms with Gasteiger partial charge in [-0.2, -0.15) is 0 Å². The first-order chi connectivity index (χ1) is 3.68. The van der Waals surface area contributed by atoms with E-state index in [-0.39, 0.29) is 5.60 Å². The van der Waals surface area contributed by atoms with Crippen LogP contribution in [0.2, 0.25) is 0 Å². The Morgan fingerprint density at radius 1 is 1.75 bits per heavy atom. The first-order valence-electron chi connectivity index (χ1n) is 2.35. The zero-order chi connectivity index (χ0) is 6.62. The molecule has 0 fully saturated rings. The van der Waals surface area contributed by atoms with Gasteiger partial charge in [-0.15, -0.1) is 11.6 Å². The molecule has 8 heavy (non-hydrogen) atoms. The second-order valence-electron chi connectivity index (χ2n) is 1.92. The summed E-state index contributed by atoms with van der Waals surface area (Å²) in [7, 11) is 1.68. The van der Waals surface area contributed by atoms with Crippen LogP contribution in [-0.4, -0.2) is 23.0 Å². The Hall–Kier alpha value is 0.980. The summed E-state index contributed by atoms with van der Waals surface area (Å²) in [6.45, 7) is 1.99. The Morgan fingerprint density at radius 2 is 2.25 bits per heavy atom. The van der Waals surface area contributed by atoms with Gasteiger partial charge >= 0.3 is 0 Å². The Kier molecular flexibility index (Phi) is 4.38. The van der Waals surface area contributed by atoms with Crippen LogP contribution in [-0.2, 0) is 4.74 Å². The summed E-state index contributed by atoms with van der Waals surface area (Å²) in [4.78, 5) is 0. The largest absolute Gasteiger partial charge is 0.376 e. The van der Waals surface area contributed by atoms with Gasteiger partial charge in [0.25, 0.3) is 0 Å². The number of halogens is 2. The molecule has 3 heteroatoms. The molecule has 0 rings (SSSR count). The second kappa shape index (κ2) is 3.90. The Morgan fingerprint density at radius 3 is 2.25 bits per heavy atom. The van der Waals surface area contributed by atoms with E-state index in [4.69, 9.17) is 16.3 Å². The van der Waals surface area contributed by atoms with Crippen LogP contribution in [0.4, 0.5) is 0 Å². The fraction of sp³-hybridized carbons (Fsp3) is 1.00. The zero-order valence-electron chi connectivity index (χ0n) is 5.08. The molecule has 0 aliphatic carbocycles. The van der Waals surface area contributed by atoms with Gasteiger partial charge in [-0.05, 0) is 6.92 Å². The summed E-state index contributed by atoms with van der Waals surface area (Å²) >= 11 is 7.84. The molecule has 0 amide bonds. The van der Waals surface area contributed by atoms with Crippen LogP contribution in [0.15, 0.2) is 0 Å². The summed E-state index contributed by atoms with van der Waals surface area (Å²) in [6.07, 6.45) is 0. The third kappa shape index (κ3) is 2.51. The van der Waals surface area contributed by atoms with Gasteiger partial charge in [0.2, 0.25) is 0 Å². The molecule has 0 aromatic heterocycles. The monoisotopic (exact) mass is 248 g/mol. The fourth-order valence-corrected chi connectivity index (χ4v) is 1.25. The predicted molar refractivity (Wildman–Crippen MR) is 45.0 cm³/mol. The van der Waals surface area contributed by atoms with Gasteiger partial charge in [0.05, 0.1) is 11.5 Å². The van der Waals surface area contributed by atoms with Crippen LogP contribution in [0.5, 0.6) is 0 Å². The topological polar surface area (TPSA) is 9.23 Å². The minimum absolute atomic E-state index is 0.123. The lowest BCUT2D eigenvalue weighted by molar-refractivity contribution is 0.0497. The fourth-order valence-electron chi connectivity index (χ4n) is 0.145. The molecule has 0 aromatic carbocycles. The van der Waals surface area contributed by atoms with E-state index in [2.05, 4.69) is 22.6 Å². The van der Waals surface area contributed by atoms with Crippen molar-refractivity contribution in [3.63, 3.8) is 0 Å². The highest BCUT2D eigenvalue weighted by molar-refractivity contribution is 14.1. The molecule has 50 valence electrons. The average molecular weight is 248 g/mol. The molecule has 0 heterocycles. The number of ether oxygens (including phenoxy) is 1. The van der Waals surface area contributed by atoms with Gasteiger partial charge < -0.3 is 4.74 Å². The highest BCUT2D eigenvalue weighted by Gasteiger charge is 2.19. The quantitative estimate of drug-likeness (QED) is 0.549. The third-order valence-corrected chi connectivity index (χ3v) is 3.24. The van der Waals surface area contributed by atoms with Crippen LogP contribution in [0.25, 0.3) is 0 Å². The number of hydrogen-bond acceptors (Lipinski definition) is 1. The minimum Gasteiger partial charge on any atom is -0.376 e. The minimum atomic E-state index is -0.123. The van der Waals surface area contributed by atoms with E-state index in [0.29, 0.717) is 5.88 Å². The van der Waals surface area contributed by atoms with E-state index in [1.807, 2.05) is 6.92 Å². The molecule has 0 radical (unpaired) electrons. The molecular formula is C5H10ClIO. The molecule has 0 saturated heterocycles. The SMILES string of the molecule is COC(C)(CCl)CI. The zero-order valence-corrected chi connectivity index (χ0v) is 7.99. The van der Waals surface area contributed by atoms with E-state index in [0.717, 1.165) is 4.43 Å². The number of alkyl halides is 2. The lowest BCUT2D eigenvalue weighted by atomic mass is 10.2. The maximum Gasteiger partial charge on any atom is 0.0874 e. The van der Waals surface area contributed by atoms with Crippen molar-refractivity contribution in [1.82, 2.24) is 0 Å². The van der Waals surface area contributed by atoms with Gasteiger partial charge in [0, 0.05) is 11.5 Å². The number of hydrogen-bond donors (Lipinski definition) is 0. The van der Waals surface area contributed by atoms with Crippen molar-refractivity contribution in [3.8, 4) is 0 Å². The first-order valence-corrected chi connectivity index (χ1v) is 4.41. The van der Waals surface area contributed by atoms with Crippen molar-refractivity contribution in [3.05, 3.63) is 0 Å². The number of methoxy groups -OCH3 is 1. The highest BCUT2D eigenvalue weighted by atomic mass is 127. The van der Waals surface area contributed by atoms with E-state index in [1.165, 1.54) is 0 Å². The van der Waals surface area contributed by atoms with Crippen LogP contribution < -0.4 is 0 Å². The van der Waals surface area contributed by atoms with E-state index < -0.39 is 0 Å². The maximum absolute atomic E-state index is 5.58. The summed E-state index contributed by atoms with van der Waals surface area (Å²) in [6, 6.07) is 0. The first kappa shape index (κ1) is 8.98. The summed E-state index contributed by atoms with van der Waals surface area (Å²) in [5.74, 6) is 0.562. The van der Waals surface area contributed by atoms with Crippen molar-refractivity contribution >= 4 is 34.2 Å². The molecule has 1 unspecified atom stereocenters. The summed E-state index contributed by atoms with van der Waals surface area (Å²) in [5.41, 5.74) is -0.123. The molecule has 1 nitrogen and oxygen atoms in total. The normalized spacial score (nSPS) is 18.0. The van der Waals surface area contributed by atoms with Gasteiger partial charge in [0.1, 0.15) is 0 Å². The Labute approximate surface area is 68.9 Å². The Balaban J connectivity index is 3.58. The van der Waals surface area contributed by atoms with E-state index in [9.17, 15) is 0 Å². The lowest BCUT2D eigenvalue weighted by Gasteiger charge is -2.21. The summed E-state index contributed by atoms with van der Waals surface area (Å²) < 4.78 is 6.03. The lowest BCUT2D eigenvalue weighted by Crippen LogP contribution is -2.30. The van der Waals surface area contributed by atoms with Crippen LogP contribution >= 0.6 is 34.2 Å². The van der Waals surface area contributed by atoms with Gasteiger partial charge in [-0.25, -0.2) is 0 Å². The molecule has 0 aromatic rings. The molecule has 0 bridgehead atoms. The second-order valence-corrected chi connectivity index (χ2v) is 2.95. The van der Waals surface area contributed by atoms with Gasteiger partial charge in [-0.1, -0.05) is 22.6 Å². The highest BCUT2D eigenvalue weighted by Crippen LogP contribution is 2.13. The van der Waals surface area contributed by atoms with Crippen molar-refractivity contribution < 1.29 is 4.74 Å². The van der Waals surface area contributed by atoms with Crippen molar-refractivity contribution in [2.24, 2.45) is 0 Å². The van der Waals surface area contributed by atoms with Crippen molar-refractivity contribution in [2.75, 3.05) is 17.4 Å². The van der Waals surface area contributed by atoms with Crippen LogP contribution in [0.3, 0.4) is 0 Å². The molecule has 1 atom stereocenters. The average Bonchev–Trinajstić information content (AvgIpc) is 1.87. The molecule has 0 saturated carbocycles. The summed E-state index contributed by atoms with van der Waals surface area (Å²) in [5, 5.41) is 0. The maximum atomic E-state index is 5.58. The van der Waals surface area contributed by atoms with Crippen molar-refractivity contribution in [2.45, 2.75) is 12.5 Å². The third-order valence-electron chi connectivity index (χ3n) is 1.06. The molecule has 0 aliphatic rings. The standard InChI is InChI=1S/C5H10ClIO/c1-5(3-6,4-7)8-2/h3-4H2,1-2H3. The van der Waals surface area contributed by atoms with Crippen LogP contribution in [0, 0.1) is 0 Å². The smallest absolute Gasteiger partial charge is 0.0874 e. The van der Waals surface area contributed by atoms with Gasteiger partial charge in [0.15, 0.2) is 0 Å². The molecule has 0 N–H and O–H groups in total. The molecular weight excluding hydrogens is 238 g/mol. The van der Waals surface area contributed by atoms with Crippen molar-refractivity contribution in [1.29, 1.82) is 0 Å². The van der Waals surface area contributed by atoms with Gasteiger partial charge in [-0.3, -0.25) is 0 Å². The molecule has 0 aliphatic heterocycles. The molecule has 0 spiro atoms. The van der Waals surface area contributed by atoms with E-state index >= 15 is 0 Å². The van der Waals surface area contributed by atoms with Crippen LogP contribution in [0.1, 0.15) is 6.92 Å². The number of rotatable bonds is 3. The predicted octanol–water partition coefficient (Wildman–Crippen LogP) is 2.07.